The monoisotopic (exact) mass is 576 g/mol. The molecule has 34 heavy (non-hydrogen) atoms. The number of likely N-dealkylation sites (tertiary alicyclic amines) is 1. The van der Waals surface area contributed by atoms with Crippen molar-refractivity contribution in [2.45, 2.75) is 25.4 Å². The molecule has 2 aromatic carbocycles. The van der Waals surface area contributed by atoms with Gasteiger partial charge in [0.2, 0.25) is 5.91 Å². The van der Waals surface area contributed by atoms with E-state index in [1.165, 1.54) is 11.3 Å². The van der Waals surface area contributed by atoms with E-state index >= 15 is 0 Å². The van der Waals surface area contributed by atoms with Crippen LogP contribution in [0.2, 0.25) is 0 Å². The fraction of sp³-hybridized carbons (Fsp3) is 0.462. The Labute approximate surface area is 220 Å². The molecule has 2 N–H and O–H groups in total. The van der Waals surface area contributed by atoms with E-state index in [-0.39, 0.29) is 36.4 Å². The minimum atomic E-state index is 0. The number of carbonyl (C=O) groups is 1. The number of piperidine rings is 1. The number of amides is 1. The van der Waals surface area contributed by atoms with Crippen LogP contribution in [0.1, 0.15) is 18.4 Å². The maximum atomic E-state index is 12.7. The number of benzene rings is 2. The standard InChI is InChI=1S/C26H36N6O.HI/c1-27-26(29-23-12-14-30(15-13-23)21-22-8-4-2-5-9-22)28-20-25(33)32-18-16-31(17-19-32)24-10-6-3-7-11-24;/h2-11,23H,12-21H2,1H3,(H2,27,28,29);1H. The number of para-hydroxylation sites is 1. The smallest absolute Gasteiger partial charge is 0.242 e. The molecule has 2 saturated heterocycles. The number of hydrogen-bond donors (Lipinski definition) is 2. The van der Waals surface area contributed by atoms with Gasteiger partial charge in [0.05, 0.1) is 6.54 Å². The van der Waals surface area contributed by atoms with Crippen LogP contribution in [-0.4, -0.2) is 80.6 Å². The predicted octanol–water partition coefficient (Wildman–Crippen LogP) is 2.78. The van der Waals surface area contributed by atoms with Gasteiger partial charge in [0.15, 0.2) is 5.96 Å². The zero-order chi connectivity index (χ0) is 22.9. The van der Waals surface area contributed by atoms with Crippen molar-refractivity contribution in [3.8, 4) is 0 Å². The zero-order valence-corrected chi connectivity index (χ0v) is 22.4. The Balaban J connectivity index is 0.00000324. The van der Waals surface area contributed by atoms with Gasteiger partial charge in [-0.05, 0) is 30.5 Å². The third kappa shape index (κ3) is 7.59. The molecule has 1 amide bonds. The Hall–Kier alpha value is -2.33. The zero-order valence-electron chi connectivity index (χ0n) is 20.0. The summed E-state index contributed by atoms with van der Waals surface area (Å²) in [4.78, 5) is 23.8. The average Bonchev–Trinajstić information content (AvgIpc) is 2.88. The molecule has 8 heteroatoms. The predicted molar refractivity (Wildman–Crippen MR) is 150 cm³/mol. The molecule has 2 aromatic rings. The van der Waals surface area contributed by atoms with Crippen LogP contribution in [0.3, 0.4) is 0 Å². The van der Waals surface area contributed by atoms with Crippen LogP contribution in [0.25, 0.3) is 0 Å². The van der Waals surface area contributed by atoms with Crippen LogP contribution in [0.15, 0.2) is 65.7 Å². The van der Waals surface area contributed by atoms with E-state index < -0.39 is 0 Å². The molecule has 4 rings (SSSR count). The summed E-state index contributed by atoms with van der Waals surface area (Å²) >= 11 is 0. The molecule has 0 bridgehead atoms. The molecule has 0 saturated carbocycles. The van der Waals surface area contributed by atoms with Crippen molar-refractivity contribution in [3.63, 3.8) is 0 Å². The van der Waals surface area contributed by atoms with Crippen molar-refractivity contribution in [3.05, 3.63) is 66.2 Å². The average molecular weight is 577 g/mol. The van der Waals surface area contributed by atoms with E-state index in [2.05, 4.69) is 80.0 Å². The first-order chi connectivity index (χ1) is 16.2. The molecule has 0 aliphatic carbocycles. The number of nitrogens with one attached hydrogen (secondary N) is 2. The van der Waals surface area contributed by atoms with Gasteiger partial charge in [-0.15, -0.1) is 24.0 Å². The van der Waals surface area contributed by atoms with Gasteiger partial charge in [0.1, 0.15) is 0 Å². The summed E-state index contributed by atoms with van der Waals surface area (Å²) in [5, 5.41) is 6.74. The highest BCUT2D eigenvalue weighted by Gasteiger charge is 2.23. The first-order valence-corrected chi connectivity index (χ1v) is 12.0. The maximum Gasteiger partial charge on any atom is 0.242 e. The van der Waals surface area contributed by atoms with Crippen LogP contribution >= 0.6 is 24.0 Å². The van der Waals surface area contributed by atoms with E-state index in [1.807, 2.05) is 11.0 Å². The molecule has 2 heterocycles. The van der Waals surface area contributed by atoms with E-state index in [1.54, 1.807) is 7.05 Å². The van der Waals surface area contributed by atoms with Crippen LogP contribution in [0.4, 0.5) is 5.69 Å². The number of hydrogen-bond acceptors (Lipinski definition) is 4. The van der Waals surface area contributed by atoms with Crippen molar-refractivity contribution < 1.29 is 4.79 Å². The summed E-state index contributed by atoms with van der Waals surface area (Å²) in [5.41, 5.74) is 2.59. The Bertz CT molecular complexity index is 894. The molecule has 0 radical (unpaired) electrons. The van der Waals surface area contributed by atoms with E-state index in [9.17, 15) is 4.79 Å². The van der Waals surface area contributed by atoms with Crippen LogP contribution < -0.4 is 15.5 Å². The van der Waals surface area contributed by atoms with Crippen molar-refractivity contribution in [2.75, 3.05) is 57.8 Å². The number of aliphatic imine (C=N–C) groups is 1. The lowest BCUT2D eigenvalue weighted by Gasteiger charge is -2.36. The summed E-state index contributed by atoms with van der Waals surface area (Å²) in [7, 11) is 1.77. The van der Waals surface area contributed by atoms with Crippen molar-refractivity contribution in [1.29, 1.82) is 0 Å². The number of anilines is 1. The Kier molecular flexibility index (Phi) is 10.5. The van der Waals surface area contributed by atoms with E-state index in [4.69, 9.17) is 0 Å². The first-order valence-electron chi connectivity index (χ1n) is 12.0. The summed E-state index contributed by atoms with van der Waals surface area (Å²) in [6.07, 6.45) is 2.14. The molecule has 184 valence electrons. The number of piperazine rings is 1. The van der Waals surface area contributed by atoms with Gasteiger partial charge in [-0.1, -0.05) is 48.5 Å². The molecular weight excluding hydrogens is 539 g/mol. The van der Waals surface area contributed by atoms with Crippen molar-refractivity contribution in [2.24, 2.45) is 4.99 Å². The number of rotatable bonds is 6. The lowest BCUT2D eigenvalue weighted by atomic mass is 10.0. The normalized spacial score (nSPS) is 17.7. The van der Waals surface area contributed by atoms with Crippen LogP contribution in [0, 0.1) is 0 Å². The third-order valence-corrected chi connectivity index (χ3v) is 6.56. The van der Waals surface area contributed by atoms with Crippen molar-refractivity contribution in [1.82, 2.24) is 20.4 Å². The second-order valence-corrected chi connectivity index (χ2v) is 8.81. The van der Waals surface area contributed by atoms with Gasteiger partial charge in [0, 0.05) is 64.6 Å². The van der Waals surface area contributed by atoms with Gasteiger partial charge in [-0.3, -0.25) is 14.7 Å². The summed E-state index contributed by atoms with van der Waals surface area (Å²) in [6, 6.07) is 21.4. The van der Waals surface area contributed by atoms with E-state index in [0.29, 0.717) is 12.0 Å². The lowest BCUT2D eigenvalue weighted by Crippen LogP contribution is -2.53. The topological polar surface area (TPSA) is 63.2 Å². The number of halogens is 1. The first kappa shape index (κ1) is 26.3. The van der Waals surface area contributed by atoms with Crippen LogP contribution in [-0.2, 0) is 11.3 Å². The summed E-state index contributed by atoms with van der Waals surface area (Å²) in [6.45, 7) is 6.64. The second kappa shape index (κ2) is 13.5. The Morgan fingerprint density at radius 3 is 2.15 bits per heavy atom. The molecular formula is C26H37IN6O. The summed E-state index contributed by atoms with van der Waals surface area (Å²) < 4.78 is 0. The van der Waals surface area contributed by atoms with Gasteiger partial charge in [-0.25, -0.2) is 0 Å². The highest BCUT2D eigenvalue weighted by molar-refractivity contribution is 14.0. The fourth-order valence-corrected chi connectivity index (χ4v) is 4.59. The minimum Gasteiger partial charge on any atom is -0.368 e. The molecule has 0 atom stereocenters. The van der Waals surface area contributed by atoms with E-state index in [0.717, 1.165) is 58.7 Å². The number of carbonyl (C=O) groups excluding carboxylic acids is 1. The Morgan fingerprint density at radius 2 is 1.53 bits per heavy atom. The minimum absolute atomic E-state index is 0. The number of nitrogens with zero attached hydrogens (tertiary/aromatic N) is 4. The van der Waals surface area contributed by atoms with Gasteiger partial charge in [0.25, 0.3) is 0 Å². The van der Waals surface area contributed by atoms with Gasteiger partial charge in [-0.2, -0.15) is 0 Å². The lowest BCUT2D eigenvalue weighted by molar-refractivity contribution is -0.130. The maximum absolute atomic E-state index is 12.7. The fourth-order valence-electron chi connectivity index (χ4n) is 4.59. The quantitative estimate of drug-likeness (QED) is 0.315. The van der Waals surface area contributed by atoms with Crippen LogP contribution in [0.5, 0.6) is 0 Å². The molecule has 7 nitrogen and oxygen atoms in total. The molecule has 0 unspecified atom stereocenters. The number of guanidine groups is 1. The molecule has 2 fully saturated rings. The highest BCUT2D eigenvalue weighted by atomic mass is 127. The molecule has 0 aromatic heterocycles. The molecule has 2 aliphatic heterocycles. The highest BCUT2D eigenvalue weighted by Crippen LogP contribution is 2.16. The third-order valence-electron chi connectivity index (χ3n) is 6.56. The second-order valence-electron chi connectivity index (χ2n) is 8.81. The molecule has 0 spiro atoms. The summed E-state index contributed by atoms with van der Waals surface area (Å²) in [5.74, 6) is 0.844. The van der Waals surface area contributed by atoms with Gasteiger partial charge >= 0.3 is 0 Å². The molecule has 2 aliphatic rings. The largest absolute Gasteiger partial charge is 0.368 e. The van der Waals surface area contributed by atoms with Gasteiger partial charge < -0.3 is 20.4 Å². The Morgan fingerprint density at radius 1 is 0.912 bits per heavy atom. The van der Waals surface area contributed by atoms with Crippen molar-refractivity contribution >= 4 is 41.5 Å². The SMILES string of the molecule is CN=C(NCC(=O)N1CCN(c2ccccc2)CC1)NC1CCN(Cc2ccccc2)CC1.I.